The van der Waals surface area contributed by atoms with Crippen molar-refractivity contribution in [1.29, 1.82) is 0 Å². The summed E-state index contributed by atoms with van der Waals surface area (Å²) in [6.45, 7) is 4.27. The van der Waals surface area contributed by atoms with Gasteiger partial charge in [0, 0.05) is 6.54 Å². The fourth-order valence-electron chi connectivity index (χ4n) is 2.21. The fourth-order valence-corrected chi connectivity index (χ4v) is 2.41. The Balaban J connectivity index is 2.22. The van der Waals surface area contributed by atoms with E-state index in [9.17, 15) is 18.0 Å². The first-order chi connectivity index (χ1) is 11.2. The molecule has 0 spiro atoms. The third kappa shape index (κ3) is 4.05. The molecule has 0 saturated heterocycles. The van der Waals surface area contributed by atoms with Gasteiger partial charge in [0.15, 0.2) is 0 Å². The molecule has 1 N–H and O–H groups in total. The zero-order valence-electron chi connectivity index (χ0n) is 13.1. The molecule has 2 aromatic rings. The van der Waals surface area contributed by atoms with Crippen molar-refractivity contribution in [3.8, 4) is 0 Å². The van der Waals surface area contributed by atoms with Crippen LogP contribution in [0.5, 0.6) is 0 Å². The number of aryl methyl sites for hydroxylation is 1. The molecule has 1 atom stereocenters. The smallest absolute Gasteiger partial charge is 0.342 e. The number of halogens is 4. The van der Waals surface area contributed by atoms with Crippen molar-refractivity contribution < 1.29 is 18.0 Å². The van der Waals surface area contributed by atoms with Crippen LogP contribution in [0.4, 0.5) is 13.2 Å². The first kappa shape index (κ1) is 18.3. The average Bonchev–Trinajstić information content (AvgIpc) is 2.95. The molecule has 0 aliphatic heterocycles. The number of benzene rings is 1. The molecule has 130 valence electrons. The maximum atomic E-state index is 12.8. The number of alkyl halides is 3. The van der Waals surface area contributed by atoms with Gasteiger partial charge in [-0.3, -0.25) is 4.79 Å². The molecular weight excluding hydrogens is 345 g/mol. The van der Waals surface area contributed by atoms with Gasteiger partial charge in [-0.2, -0.15) is 18.3 Å². The van der Waals surface area contributed by atoms with Crippen LogP contribution in [0.25, 0.3) is 0 Å². The lowest BCUT2D eigenvalue weighted by molar-refractivity contribution is -0.137. The molecule has 2 rings (SSSR count). The van der Waals surface area contributed by atoms with Crippen molar-refractivity contribution in [3.63, 3.8) is 0 Å². The van der Waals surface area contributed by atoms with E-state index < -0.39 is 23.7 Å². The minimum atomic E-state index is -4.55. The molecule has 0 aliphatic carbocycles. The number of amides is 1. The van der Waals surface area contributed by atoms with Gasteiger partial charge in [0.1, 0.15) is 12.2 Å². The summed E-state index contributed by atoms with van der Waals surface area (Å²) in [6, 6.07) is 2.10. The van der Waals surface area contributed by atoms with Crippen LogP contribution in [0, 0.1) is 0 Å². The Kier molecular flexibility index (Phi) is 5.48. The highest BCUT2D eigenvalue weighted by Gasteiger charge is 2.32. The number of nitrogens with zero attached hydrogens (tertiary/aromatic N) is 3. The van der Waals surface area contributed by atoms with E-state index in [0.29, 0.717) is 12.4 Å². The topological polar surface area (TPSA) is 59.8 Å². The second-order valence-electron chi connectivity index (χ2n) is 5.23. The number of carbonyl (C=O) groups is 1. The summed E-state index contributed by atoms with van der Waals surface area (Å²) in [6.07, 6.45) is -2.35. The van der Waals surface area contributed by atoms with Crippen molar-refractivity contribution in [2.24, 2.45) is 0 Å². The highest BCUT2D eigenvalue weighted by Crippen LogP contribution is 2.31. The van der Waals surface area contributed by atoms with Crippen LogP contribution in [0.15, 0.2) is 24.5 Å². The van der Waals surface area contributed by atoms with Gasteiger partial charge in [-0.05, 0) is 31.5 Å². The average molecular weight is 361 g/mol. The Labute approximate surface area is 141 Å². The summed E-state index contributed by atoms with van der Waals surface area (Å²) in [5.74, 6) is -0.182. The first-order valence-corrected chi connectivity index (χ1v) is 7.67. The SMILES string of the molecule is CCCn1ncnc1[C@@H](C)NC(=O)c1cc(C(F)(F)F)ccc1Cl. The highest BCUT2D eigenvalue weighted by atomic mass is 35.5. The number of hydrogen-bond acceptors (Lipinski definition) is 3. The monoisotopic (exact) mass is 360 g/mol. The van der Waals surface area contributed by atoms with Gasteiger partial charge in [0.25, 0.3) is 5.91 Å². The van der Waals surface area contributed by atoms with Gasteiger partial charge in [-0.25, -0.2) is 9.67 Å². The summed E-state index contributed by atoms with van der Waals surface area (Å²) >= 11 is 5.87. The van der Waals surface area contributed by atoms with Crippen LogP contribution in [0.2, 0.25) is 5.02 Å². The van der Waals surface area contributed by atoms with Crippen LogP contribution >= 0.6 is 11.6 Å². The third-order valence-corrected chi connectivity index (χ3v) is 3.68. The number of carbonyl (C=O) groups excluding carboxylic acids is 1. The molecule has 9 heteroatoms. The number of hydrogen-bond donors (Lipinski definition) is 1. The Morgan fingerprint density at radius 2 is 2.12 bits per heavy atom. The molecule has 24 heavy (non-hydrogen) atoms. The van der Waals surface area contributed by atoms with Gasteiger partial charge < -0.3 is 5.32 Å². The van der Waals surface area contributed by atoms with Gasteiger partial charge in [0.2, 0.25) is 0 Å². The van der Waals surface area contributed by atoms with Crippen molar-refractivity contribution in [1.82, 2.24) is 20.1 Å². The van der Waals surface area contributed by atoms with E-state index in [1.165, 1.54) is 6.33 Å². The molecule has 0 radical (unpaired) electrons. The van der Waals surface area contributed by atoms with Crippen LogP contribution in [0.3, 0.4) is 0 Å². The molecule has 1 amide bonds. The molecule has 5 nitrogen and oxygen atoms in total. The van der Waals surface area contributed by atoms with Gasteiger partial charge in [-0.15, -0.1) is 0 Å². The third-order valence-electron chi connectivity index (χ3n) is 3.35. The predicted octanol–water partition coefficient (Wildman–Crippen LogP) is 3.85. The summed E-state index contributed by atoms with van der Waals surface area (Å²) in [5.41, 5.74) is -1.17. The highest BCUT2D eigenvalue weighted by molar-refractivity contribution is 6.33. The summed E-state index contributed by atoms with van der Waals surface area (Å²) < 4.78 is 40.0. The van der Waals surface area contributed by atoms with E-state index in [-0.39, 0.29) is 10.6 Å². The van der Waals surface area contributed by atoms with Gasteiger partial charge in [0.05, 0.1) is 22.2 Å². The Morgan fingerprint density at radius 1 is 1.42 bits per heavy atom. The van der Waals surface area contributed by atoms with Crippen molar-refractivity contribution in [2.75, 3.05) is 0 Å². The lowest BCUT2D eigenvalue weighted by Gasteiger charge is -2.16. The van der Waals surface area contributed by atoms with Gasteiger partial charge in [-0.1, -0.05) is 18.5 Å². The minimum Gasteiger partial charge on any atom is -0.342 e. The molecule has 1 heterocycles. The molecule has 0 unspecified atom stereocenters. The largest absolute Gasteiger partial charge is 0.416 e. The maximum Gasteiger partial charge on any atom is 0.416 e. The van der Waals surface area contributed by atoms with E-state index in [2.05, 4.69) is 15.4 Å². The van der Waals surface area contributed by atoms with E-state index in [0.717, 1.165) is 24.6 Å². The van der Waals surface area contributed by atoms with E-state index >= 15 is 0 Å². The fraction of sp³-hybridized carbons (Fsp3) is 0.400. The lowest BCUT2D eigenvalue weighted by Crippen LogP contribution is -2.29. The Bertz CT molecular complexity index is 730. The van der Waals surface area contributed by atoms with Crippen LogP contribution in [-0.4, -0.2) is 20.7 Å². The van der Waals surface area contributed by atoms with E-state index in [1.54, 1.807) is 11.6 Å². The Hall–Kier alpha value is -2.09. The predicted molar refractivity (Wildman–Crippen MR) is 82.6 cm³/mol. The summed E-state index contributed by atoms with van der Waals surface area (Å²) in [7, 11) is 0. The molecule has 0 aliphatic rings. The number of rotatable bonds is 5. The van der Waals surface area contributed by atoms with Crippen LogP contribution < -0.4 is 5.32 Å². The molecule has 0 saturated carbocycles. The first-order valence-electron chi connectivity index (χ1n) is 7.29. The molecule has 1 aromatic heterocycles. The normalized spacial score (nSPS) is 12.9. The second-order valence-corrected chi connectivity index (χ2v) is 5.64. The van der Waals surface area contributed by atoms with Crippen LogP contribution in [0.1, 0.15) is 48.1 Å². The second kappa shape index (κ2) is 7.21. The van der Waals surface area contributed by atoms with Crippen molar-refractivity contribution in [2.45, 2.75) is 39.0 Å². The van der Waals surface area contributed by atoms with E-state index in [4.69, 9.17) is 11.6 Å². The van der Waals surface area contributed by atoms with Crippen molar-refractivity contribution in [3.05, 3.63) is 46.5 Å². The lowest BCUT2D eigenvalue weighted by atomic mass is 10.1. The maximum absolute atomic E-state index is 12.8. The zero-order valence-corrected chi connectivity index (χ0v) is 13.8. The molecular formula is C15H16ClF3N4O. The Morgan fingerprint density at radius 3 is 2.75 bits per heavy atom. The molecule has 1 aromatic carbocycles. The summed E-state index contributed by atoms with van der Waals surface area (Å²) in [4.78, 5) is 16.4. The van der Waals surface area contributed by atoms with Crippen molar-refractivity contribution >= 4 is 17.5 Å². The summed E-state index contributed by atoms with van der Waals surface area (Å²) in [5, 5.41) is 6.60. The number of aromatic nitrogens is 3. The zero-order chi connectivity index (χ0) is 17.9. The molecule has 0 bridgehead atoms. The van der Waals surface area contributed by atoms with Crippen LogP contribution in [-0.2, 0) is 12.7 Å². The quantitative estimate of drug-likeness (QED) is 0.881. The van der Waals surface area contributed by atoms with E-state index in [1.807, 2.05) is 6.92 Å². The van der Waals surface area contributed by atoms with Gasteiger partial charge >= 0.3 is 6.18 Å². The minimum absolute atomic E-state index is 0.0530. The number of nitrogens with one attached hydrogen (secondary N) is 1. The molecule has 0 fully saturated rings. The standard InChI is InChI=1S/C15H16ClF3N4O/c1-3-6-23-13(20-8-21-23)9(2)22-14(24)11-7-10(15(17,18)19)4-5-12(11)16/h4-5,7-9H,3,6H2,1-2H3,(H,22,24)/t9-/m1/s1.